The van der Waals surface area contributed by atoms with Crippen molar-refractivity contribution in [3.63, 3.8) is 0 Å². The Morgan fingerprint density at radius 1 is 1.24 bits per heavy atom. The van der Waals surface area contributed by atoms with E-state index in [-0.39, 0.29) is 6.10 Å². The second-order valence-electron chi connectivity index (χ2n) is 8.63. The number of hydrogen-bond donors (Lipinski definition) is 2. The molecule has 3 nitrogen and oxygen atoms in total. The van der Waals surface area contributed by atoms with Crippen LogP contribution in [0, 0.1) is 17.3 Å². The van der Waals surface area contributed by atoms with Gasteiger partial charge in [0.1, 0.15) is 0 Å². The Balaban J connectivity index is 1.88. The van der Waals surface area contributed by atoms with Gasteiger partial charge < -0.3 is 15.3 Å². The molecule has 21 heavy (non-hydrogen) atoms. The van der Waals surface area contributed by atoms with Gasteiger partial charge in [-0.2, -0.15) is 0 Å². The van der Waals surface area contributed by atoms with Crippen LogP contribution >= 0.6 is 0 Å². The molecule has 2 rings (SSSR count). The number of hydrogen-bond acceptors (Lipinski definition) is 3. The van der Waals surface area contributed by atoms with Gasteiger partial charge in [-0.3, -0.25) is 0 Å². The van der Waals surface area contributed by atoms with Crippen LogP contribution < -0.4 is 5.32 Å². The van der Waals surface area contributed by atoms with E-state index in [2.05, 4.69) is 37.9 Å². The first-order valence-electron chi connectivity index (χ1n) is 9.01. The number of rotatable bonds is 6. The fourth-order valence-corrected chi connectivity index (χ4v) is 3.63. The minimum absolute atomic E-state index is 0.131. The molecule has 1 heterocycles. The standard InChI is InChI=1S/C18H36N2O/c1-5-17(21)15-9-16(19-13-18(2,3)4)12-20(11-15)10-14-7-6-8-14/h14-17,19,21H,5-13H2,1-4H3. The predicted octanol–water partition coefficient (Wildman–Crippen LogP) is 2.88. The molecule has 0 aromatic carbocycles. The second-order valence-corrected chi connectivity index (χ2v) is 8.63. The van der Waals surface area contributed by atoms with Crippen LogP contribution in [0.2, 0.25) is 0 Å². The Labute approximate surface area is 131 Å². The lowest BCUT2D eigenvalue weighted by Crippen LogP contribution is -2.54. The van der Waals surface area contributed by atoms with E-state index in [9.17, 15) is 5.11 Å². The molecule has 124 valence electrons. The molecular formula is C18H36N2O. The van der Waals surface area contributed by atoms with Gasteiger partial charge in [0.2, 0.25) is 0 Å². The predicted molar refractivity (Wildman–Crippen MR) is 89.4 cm³/mol. The fraction of sp³-hybridized carbons (Fsp3) is 1.00. The molecule has 1 saturated carbocycles. The highest BCUT2D eigenvalue weighted by molar-refractivity contribution is 4.89. The monoisotopic (exact) mass is 296 g/mol. The summed E-state index contributed by atoms with van der Waals surface area (Å²) in [6.07, 6.45) is 6.13. The molecule has 1 aliphatic heterocycles. The van der Waals surface area contributed by atoms with Gasteiger partial charge in [0.05, 0.1) is 6.10 Å². The van der Waals surface area contributed by atoms with Crippen molar-refractivity contribution < 1.29 is 5.11 Å². The molecule has 0 amide bonds. The number of nitrogens with one attached hydrogen (secondary N) is 1. The Bertz CT molecular complexity index is 309. The zero-order valence-corrected chi connectivity index (χ0v) is 14.6. The average molecular weight is 296 g/mol. The first kappa shape index (κ1) is 17.2. The number of aliphatic hydroxyl groups is 1. The maximum atomic E-state index is 10.3. The fourth-order valence-electron chi connectivity index (χ4n) is 3.63. The number of nitrogens with zero attached hydrogens (tertiary/aromatic N) is 1. The second kappa shape index (κ2) is 7.43. The summed E-state index contributed by atoms with van der Waals surface area (Å²) < 4.78 is 0. The van der Waals surface area contributed by atoms with Crippen LogP contribution in [-0.2, 0) is 0 Å². The van der Waals surface area contributed by atoms with E-state index in [1.807, 2.05) is 0 Å². The molecule has 0 aromatic heterocycles. The summed E-state index contributed by atoms with van der Waals surface area (Å²) in [4.78, 5) is 2.62. The molecule has 2 N–H and O–H groups in total. The lowest BCUT2D eigenvalue weighted by atomic mass is 9.83. The number of piperidine rings is 1. The van der Waals surface area contributed by atoms with E-state index in [0.29, 0.717) is 17.4 Å². The summed E-state index contributed by atoms with van der Waals surface area (Å²) >= 11 is 0. The largest absolute Gasteiger partial charge is 0.393 e. The molecular weight excluding hydrogens is 260 g/mol. The van der Waals surface area contributed by atoms with Crippen molar-refractivity contribution >= 4 is 0 Å². The first-order valence-corrected chi connectivity index (χ1v) is 9.01. The minimum Gasteiger partial charge on any atom is -0.393 e. The minimum atomic E-state index is -0.131. The third-order valence-corrected chi connectivity index (χ3v) is 5.18. The number of aliphatic hydroxyl groups excluding tert-OH is 1. The lowest BCUT2D eigenvalue weighted by molar-refractivity contribution is 0.0235. The quantitative estimate of drug-likeness (QED) is 0.791. The van der Waals surface area contributed by atoms with Gasteiger partial charge in [0.25, 0.3) is 0 Å². The SMILES string of the molecule is CCC(O)C1CC(NCC(C)(C)C)CN(CC2CCC2)C1. The van der Waals surface area contributed by atoms with E-state index >= 15 is 0 Å². The normalized spacial score (nSPS) is 30.1. The van der Waals surface area contributed by atoms with Gasteiger partial charge in [-0.25, -0.2) is 0 Å². The number of likely N-dealkylation sites (tertiary alicyclic amines) is 1. The smallest absolute Gasteiger partial charge is 0.0578 e. The highest BCUT2D eigenvalue weighted by Crippen LogP contribution is 2.30. The summed E-state index contributed by atoms with van der Waals surface area (Å²) in [5.74, 6) is 1.37. The zero-order valence-electron chi connectivity index (χ0n) is 14.6. The summed E-state index contributed by atoms with van der Waals surface area (Å²) in [5, 5.41) is 14.1. The summed E-state index contributed by atoms with van der Waals surface area (Å²) in [6.45, 7) is 13.5. The lowest BCUT2D eigenvalue weighted by Gasteiger charge is -2.43. The summed E-state index contributed by atoms with van der Waals surface area (Å²) in [5.41, 5.74) is 0.328. The Morgan fingerprint density at radius 3 is 2.48 bits per heavy atom. The molecule has 3 heteroatoms. The van der Waals surface area contributed by atoms with E-state index in [1.165, 1.54) is 32.4 Å². The maximum absolute atomic E-state index is 10.3. The molecule has 3 atom stereocenters. The zero-order chi connectivity index (χ0) is 15.5. The van der Waals surface area contributed by atoms with Crippen molar-refractivity contribution in [2.45, 2.75) is 71.9 Å². The van der Waals surface area contributed by atoms with Crippen molar-refractivity contribution in [1.29, 1.82) is 0 Å². The van der Waals surface area contributed by atoms with Crippen LogP contribution in [-0.4, -0.2) is 48.3 Å². The molecule has 2 aliphatic rings. The third kappa shape index (κ3) is 5.54. The van der Waals surface area contributed by atoms with Crippen molar-refractivity contribution in [1.82, 2.24) is 10.2 Å². The summed E-state index contributed by atoms with van der Waals surface area (Å²) in [7, 11) is 0. The molecule has 0 bridgehead atoms. The van der Waals surface area contributed by atoms with Gasteiger partial charge in [0.15, 0.2) is 0 Å². The Morgan fingerprint density at radius 2 is 1.95 bits per heavy atom. The molecule has 0 spiro atoms. The average Bonchev–Trinajstić information content (AvgIpc) is 2.39. The van der Waals surface area contributed by atoms with E-state index in [0.717, 1.165) is 31.8 Å². The van der Waals surface area contributed by atoms with E-state index in [4.69, 9.17) is 0 Å². The van der Waals surface area contributed by atoms with Crippen molar-refractivity contribution in [2.75, 3.05) is 26.2 Å². The van der Waals surface area contributed by atoms with Crippen LogP contribution in [0.4, 0.5) is 0 Å². The van der Waals surface area contributed by atoms with Crippen LogP contribution in [0.3, 0.4) is 0 Å². The van der Waals surface area contributed by atoms with Crippen LogP contribution in [0.1, 0.15) is 59.8 Å². The van der Waals surface area contributed by atoms with Crippen molar-refractivity contribution in [2.24, 2.45) is 17.3 Å². The summed E-state index contributed by atoms with van der Waals surface area (Å²) in [6, 6.07) is 0.546. The van der Waals surface area contributed by atoms with Gasteiger partial charge in [-0.1, -0.05) is 34.1 Å². The molecule has 1 aliphatic carbocycles. The molecule has 0 radical (unpaired) electrons. The Kier molecular flexibility index (Phi) is 6.10. The highest BCUT2D eigenvalue weighted by Gasteiger charge is 2.33. The molecule has 0 aromatic rings. The molecule has 1 saturated heterocycles. The van der Waals surface area contributed by atoms with E-state index < -0.39 is 0 Å². The first-order chi connectivity index (χ1) is 9.87. The van der Waals surface area contributed by atoms with Crippen LogP contribution in [0.25, 0.3) is 0 Å². The van der Waals surface area contributed by atoms with Gasteiger partial charge >= 0.3 is 0 Å². The van der Waals surface area contributed by atoms with Gasteiger partial charge in [-0.05, 0) is 42.9 Å². The van der Waals surface area contributed by atoms with Gasteiger partial charge in [-0.15, -0.1) is 0 Å². The highest BCUT2D eigenvalue weighted by atomic mass is 16.3. The van der Waals surface area contributed by atoms with Crippen molar-refractivity contribution in [3.8, 4) is 0 Å². The molecule has 2 fully saturated rings. The van der Waals surface area contributed by atoms with E-state index in [1.54, 1.807) is 0 Å². The van der Waals surface area contributed by atoms with Crippen LogP contribution in [0.15, 0.2) is 0 Å². The topological polar surface area (TPSA) is 35.5 Å². The molecule has 3 unspecified atom stereocenters. The third-order valence-electron chi connectivity index (χ3n) is 5.18. The van der Waals surface area contributed by atoms with Crippen molar-refractivity contribution in [3.05, 3.63) is 0 Å². The maximum Gasteiger partial charge on any atom is 0.0578 e. The van der Waals surface area contributed by atoms with Gasteiger partial charge in [0, 0.05) is 32.2 Å². The van der Waals surface area contributed by atoms with Crippen LogP contribution in [0.5, 0.6) is 0 Å². The Hall–Kier alpha value is -0.120.